The Bertz CT molecular complexity index is 1870. The van der Waals surface area contributed by atoms with Gasteiger partial charge >= 0.3 is 0 Å². The molecule has 6 rings (SSSR count). The van der Waals surface area contributed by atoms with Gasteiger partial charge in [-0.05, 0) is 51.4 Å². The molecule has 0 bridgehead atoms. The van der Waals surface area contributed by atoms with E-state index >= 15 is 0 Å². The summed E-state index contributed by atoms with van der Waals surface area (Å²) in [7, 11) is 1.57. The minimum Gasteiger partial charge on any atom is -0.488 e. The summed E-state index contributed by atoms with van der Waals surface area (Å²) in [5, 5.41) is 17.2. The topological polar surface area (TPSA) is 106 Å². The number of anilines is 1. The Morgan fingerprint density at radius 1 is 0.881 bits per heavy atom. The Hall–Kier alpha value is -5.18. The lowest BCUT2D eigenvalue weighted by molar-refractivity contribution is 0.0500. The fourth-order valence-corrected chi connectivity index (χ4v) is 5.14. The third kappa shape index (κ3) is 5.41. The van der Waals surface area contributed by atoms with E-state index in [9.17, 15) is 9.90 Å². The molecule has 0 spiro atoms. The van der Waals surface area contributed by atoms with Crippen molar-refractivity contribution in [3.63, 3.8) is 0 Å². The number of nitrogens with zero attached hydrogens (tertiary/aromatic N) is 1. The molecule has 0 fully saturated rings. The highest BCUT2D eigenvalue weighted by Crippen LogP contribution is 2.47. The van der Waals surface area contributed by atoms with Crippen LogP contribution in [-0.2, 0) is 18.0 Å². The first-order chi connectivity index (χ1) is 20.7. The third-order valence-corrected chi connectivity index (χ3v) is 7.00. The van der Waals surface area contributed by atoms with Crippen LogP contribution in [0.25, 0.3) is 32.7 Å². The number of benzene rings is 5. The highest BCUT2D eigenvalue weighted by Gasteiger charge is 2.22. The zero-order valence-corrected chi connectivity index (χ0v) is 23.0. The van der Waals surface area contributed by atoms with Crippen LogP contribution in [0, 0.1) is 0 Å². The number of nitrogens with one attached hydrogen (secondary N) is 2. The van der Waals surface area contributed by atoms with Crippen molar-refractivity contribution in [1.29, 1.82) is 0 Å². The molecule has 0 aliphatic carbocycles. The zero-order valence-electron chi connectivity index (χ0n) is 23.0. The summed E-state index contributed by atoms with van der Waals surface area (Å²) in [6.07, 6.45) is 3.14. The largest absolute Gasteiger partial charge is 0.488 e. The van der Waals surface area contributed by atoms with E-state index in [1.54, 1.807) is 13.3 Å². The van der Waals surface area contributed by atoms with Crippen LogP contribution in [0.2, 0.25) is 0 Å². The number of carbonyl (C=O) groups excluding carboxylic acids is 1. The molecule has 0 radical (unpaired) electrons. The number of rotatable bonds is 10. The van der Waals surface area contributed by atoms with Crippen molar-refractivity contribution in [3.8, 4) is 22.6 Å². The maximum atomic E-state index is 12.5. The van der Waals surface area contributed by atoms with E-state index in [4.69, 9.17) is 14.2 Å². The Balaban J connectivity index is 1.44. The highest BCUT2D eigenvalue weighted by atomic mass is 16.7. The van der Waals surface area contributed by atoms with Crippen LogP contribution in [0.4, 0.5) is 5.69 Å². The van der Waals surface area contributed by atoms with Crippen molar-refractivity contribution in [3.05, 3.63) is 120 Å². The van der Waals surface area contributed by atoms with Gasteiger partial charge in [-0.25, -0.2) is 4.98 Å². The van der Waals surface area contributed by atoms with Crippen LogP contribution >= 0.6 is 0 Å². The molecule has 210 valence electrons. The van der Waals surface area contributed by atoms with Crippen molar-refractivity contribution in [2.45, 2.75) is 13.2 Å². The SMILES string of the molecule is COCOc1c(CO)cc2ccccc2c1-c1c(OCc2cccc(NC(=O)c3ncc[nH]3)c2)ccc2ccccc12. The molecule has 6 aromatic rings. The number of aromatic amines is 1. The number of H-pyrrole nitrogens is 1. The normalized spacial score (nSPS) is 11.1. The molecule has 1 amide bonds. The molecule has 8 heteroatoms. The van der Waals surface area contributed by atoms with E-state index in [2.05, 4.69) is 27.4 Å². The Kier molecular flexibility index (Phi) is 7.81. The molecule has 0 saturated carbocycles. The van der Waals surface area contributed by atoms with Crippen LogP contribution in [0.3, 0.4) is 0 Å². The number of aliphatic hydroxyl groups excluding tert-OH is 1. The Morgan fingerprint density at radius 2 is 1.67 bits per heavy atom. The summed E-state index contributed by atoms with van der Waals surface area (Å²) < 4.78 is 17.9. The first kappa shape index (κ1) is 27.0. The van der Waals surface area contributed by atoms with Gasteiger partial charge in [0.05, 0.1) is 6.61 Å². The van der Waals surface area contributed by atoms with Crippen LogP contribution in [0.1, 0.15) is 21.7 Å². The molecule has 0 aliphatic rings. The predicted octanol–water partition coefficient (Wildman–Crippen LogP) is 6.69. The smallest absolute Gasteiger partial charge is 0.291 e. The van der Waals surface area contributed by atoms with E-state index < -0.39 is 0 Å². The van der Waals surface area contributed by atoms with Gasteiger partial charge in [-0.1, -0.05) is 66.7 Å². The number of carbonyl (C=O) groups is 1. The number of ether oxygens (including phenoxy) is 3. The molecule has 0 aliphatic heterocycles. The average molecular weight is 560 g/mol. The third-order valence-electron chi connectivity index (χ3n) is 7.00. The second kappa shape index (κ2) is 12.1. The van der Waals surface area contributed by atoms with Gasteiger partial charge in [0.1, 0.15) is 18.1 Å². The molecule has 3 N–H and O–H groups in total. The fourth-order valence-electron chi connectivity index (χ4n) is 5.14. The molecule has 1 heterocycles. The second-order valence-corrected chi connectivity index (χ2v) is 9.71. The molecule has 0 atom stereocenters. The lowest BCUT2D eigenvalue weighted by atomic mass is 9.90. The number of aromatic nitrogens is 2. The lowest BCUT2D eigenvalue weighted by Crippen LogP contribution is -2.13. The van der Waals surface area contributed by atoms with Gasteiger partial charge in [-0.15, -0.1) is 0 Å². The van der Waals surface area contributed by atoms with Crippen molar-refractivity contribution < 1.29 is 24.1 Å². The van der Waals surface area contributed by atoms with Crippen LogP contribution in [-0.4, -0.2) is 34.9 Å². The molecular formula is C34H29N3O5. The molecule has 42 heavy (non-hydrogen) atoms. The molecule has 0 unspecified atom stereocenters. The van der Waals surface area contributed by atoms with Crippen molar-refractivity contribution in [2.24, 2.45) is 0 Å². The van der Waals surface area contributed by atoms with Crippen molar-refractivity contribution in [2.75, 3.05) is 19.2 Å². The van der Waals surface area contributed by atoms with E-state index in [-0.39, 0.29) is 31.7 Å². The van der Waals surface area contributed by atoms with Gasteiger partial charge in [-0.2, -0.15) is 0 Å². The monoisotopic (exact) mass is 559 g/mol. The van der Waals surface area contributed by atoms with Crippen LogP contribution < -0.4 is 14.8 Å². The maximum Gasteiger partial charge on any atom is 0.291 e. The summed E-state index contributed by atoms with van der Waals surface area (Å²) in [6.45, 7) is 0.0753. The number of amides is 1. The fraction of sp³-hybridized carbons (Fsp3) is 0.118. The lowest BCUT2D eigenvalue weighted by Gasteiger charge is -2.21. The summed E-state index contributed by atoms with van der Waals surface area (Å²) in [5.41, 5.74) is 3.83. The van der Waals surface area contributed by atoms with E-state index in [1.807, 2.05) is 78.9 Å². The predicted molar refractivity (Wildman–Crippen MR) is 163 cm³/mol. The first-order valence-corrected chi connectivity index (χ1v) is 13.5. The Labute approximate surface area is 242 Å². The van der Waals surface area contributed by atoms with E-state index in [0.29, 0.717) is 22.7 Å². The molecule has 5 aromatic carbocycles. The van der Waals surface area contributed by atoms with Gasteiger partial charge in [0, 0.05) is 41.9 Å². The highest BCUT2D eigenvalue weighted by molar-refractivity contribution is 6.10. The summed E-state index contributed by atoms with van der Waals surface area (Å²) in [4.78, 5) is 19.3. The van der Waals surface area contributed by atoms with E-state index in [0.717, 1.165) is 38.2 Å². The summed E-state index contributed by atoms with van der Waals surface area (Å²) in [6, 6.07) is 29.6. The molecule has 0 saturated heterocycles. The maximum absolute atomic E-state index is 12.5. The quantitative estimate of drug-likeness (QED) is 0.162. The number of hydrogen-bond acceptors (Lipinski definition) is 6. The minimum atomic E-state index is -0.325. The number of methoxy groups -OCH3 is 1. The number of aliphatic hydroxyl groups is 1. The van der Waals surface area contributed by atoms with Gasteiger partial charge in [0.15, 0.2) is 12.6 Å². The molecule has 1 aromatic heterocycles. The Morgan fingerprint density at radius 3 is 2.43 bits per heavy atom. The van der Waals surface area contributed by atoms with Gasteiger partial charge in [-0.3, -0.25) is 4.79 Å². The zero-order chi connectivity index (χ0) is 28.9. The van der Waals surface area contributed by atoms with Crippen molar-refractivity contribution >= 4 is 33.1 Å². The van der Waals surface area contributed by atoms with Gasteiger partial charge in [0.25, 0.3) is 5.91 Å². The van der Waals surface area contributed by atoms with E-state index in [1.165, 1.54) is 6.20 Å². The number of fused-ring (bicyclic) bond motifs is 2. The second-order valence-electron chi connectivity index (χ2n) is 9.71. The van der Waals surface area contributed by atoms with Crippen LogP contribution in [0.5, 0.6) is 11.5 Å². The molecular weight excluding hydrogens is 530 g/mol. The van der Waals surface area contributed by atoms with Gasteiger partial charge in [0.2, 0.25) is 0 Å². The summed E-state index contributed by atoms with van der Waals surface area (Å²) >= 11 is 0. The van der Waals surface area contributed by atoms with Crippen molar-refractivity contribution in [1.82, 2.24) is 9.97 Å². The molecule has 8 nitrogen and oxygen atoms in total. The number of imidazole rings is 1. The van der Waals surface area contributed by atoms with Crippen LogP contribution in [0.15, 0.2) is 103 Å². The van der Waals surface area contributed by atoms with Gasteiger partial charge < -0.3 is 29.6 Å². The average Bonchev–Trinajstić information content (AvgIpc) is 3.58. The first-order valence-electron chi connectivity index (χ1n) is 13.5. The number of hydrogen-bond donors (Lipinski definition) is 3. The minimum absolute atomic E-state index is 0.0236. The summed E-state index contributed by atoms with van der Waals surface area (Å²) in [5.74, 6) is 1.11. The standard InChI is InChI=1S/C34H29N3O5/c1-40-21-42-32-25(19-38)18-24-9-3-5-12-28(24)31(32)30-27-11-4-2-8-23(27)13-14-29(30)41-20-22-7-6-10-26(17-22)37-34(39)33-35-15-16-36-33/h2-18,38H,19-21H2,1H3,(H,35,36)(H,37,39).